The quantitative estimate of drug-likeness (QED) is 0.768. The Morgan fingerprint density at radius 2 is 2.24 bits per heavy atom. The van der Waals surface area contributed by atoms with Crippen molar-refractivity contribution in [2.45, 2.75) is 39.0 Å². The lowest BCUT2D eigenvalue weighted by Crippen LogP contribution is -2.34. The van der Waals surface area contributed by atoms with Crippen LogP contribution in [0, 0.1) is 5.92 Å². The molecule has 2 heterocycles. The van der Waals surface area contributed by atoms with E-state index < -0.39 is 0 Å². The van der Waals surface area contributed by atoms with Gasteiger partial charge in [-0.3, -0.25) is 4.79 Å². The number of carbonyl (C=O) groups is 1. The Hall–Kier alpha value is -0.900. The second-order valence-electron chi connectivity index (χ2n) is 5.24. The molecule has 0 amide bonds. The van der Waals surface area contributed by atoms with Crippen LogP contribution in [0.4, 0.5) is 5.13 Å². The molecule has 2 aliphatic rings. The Morgan fingerprint density at radius 3 is 3.00 bits per heavy atom. The fraction of sp³-hybridized carbons (Fsp3) is 0.692. The summed E-state index contributed by atoms with van der Waals surface area (Å²) in [4.78, 5) is 19.9. The van der Waals surface area contributed by atoms with Gasteiger partial charge in [-0.15, -0.1) is 11.3 Å². The van der Waals surface area contributed by atoms with Crippen LogP contribution in [0.25, 0.3) is 0 Å². The number of piperidine rings is 1. The molecule has 0 radical (unpaired) electrons. The zero-order valence-corrected chi connectivity index (χ0v) is 11.1. The summed E-state index contributed by atoms with van der Waals surface area (Å²) in [6, 6.07) is 0. The van der Waals surface area contributed by atoms with E-state index in [1.54, 1.807) is 11.3 Å². The fourth-order valence-corrected chi connectivity index (χ4v) is 3.91. The van der Waals surface area contributed by atoms with Crippen molar-refractivity contribution in [2.75, 3.05) is 18.0 Å². The molecule has 0 saturated carbocycles. The molecule has 1 atom stereocenters. The monoisotopic (exact) mass is 250 g/mol. The third-order valence-electron chi connectivity index (χ3n) is 3.69. The summed E-state index contributed by atoms with van der Waals surface area (Å²) in [7, 11) is 0. The zero-order valence-electron chi connectivity index (χ0n) is 10.2. The molecular formula is C13H18N2OS. The van der Waals surface area contributed by atoms with Crippen LogP contribution in [0.5, 0.6) is 0 Å². The van der Waals surface area contributed by atoms with E-state index in [4.69, 9.17) is 0 Å². The highest BCUT2D eigenvalue weighted by atomic mass is 32.1. The maximum Gasteiger partial charge on any atom is 0.186 e. The number of anilines is 1. The lowest BCUT2D eigenvalue weighted by molar-refractivity contribution is 0.0968. The van der Waals surface area contributed by atoms with Gasteiger partial charge in [-0.1, -0.05) is 6.92 Å². The SMILES string of the molecule is CC1CCCN(c2nc3c(s2)CCCC3=O)C1. The van der Waals surface area contributed by atoms with Crippen molar-refractivity contribution in [3.05, 3.63) is 10.6 Å². The van der Waals surface area contributed by atoms with Gasteiger partial charge in [0.15, 0.2) is 10.9 Å². The highest BCUT2D eigenvalue weighted by Crippen LogP contribution is 2.33. The second-order valence-corrected chi connectivity index (χ2v) is 6.30. The molecule has 92 valence electrons. The van der Waals surface area contributed by atoms with Crippen LogP contribution in [0.15, 0.2) is 0 Å². The first kappa shape index (κ1) is 11.2. The van der Waals surface area contributed by atoms with Crippen LogP contribution in [-0.4, -0.2) is 23.9 Å². The molecule has 3 rings (SSSR count). The van der Waals surface area contributed by atoms with Crippen molar-refractivity contribution in [2.24, 2.45) is 5.92 Å². The van der Waals surface area contributed by atoms with E-state index in [0.29, 0.717) is 6.42 Å². The maximum atomic E-state index is 11.8. The van der Waals surface area contributed by atoms with E-state index >= 15 is 0 Å². The van der Waals surface area contributed by atoms with Crippen molar-refractivity contribution in [1.29, 1.82) is 0 Å². The number of rotatable bonds is 1. The molecule has 1 unspecified atom stereocenters. The molecule has 0 bridgehead atoms. The van der Waals surface area contributed by atoms with Crippen LogP contribution >= 0.6 is 11.3 Å². The fourth-order valence-electron chi connectivity index (χ4n) is 2.75. The van der Waals surface area contributed by atoms with Crippen LogP contribution in [0.1, 0.15) is 48.0 Å². The number of Topliss-reactive ketones (excluding diaryl/α,β-unsaturated/α-hetero) is 1. The molecular weight excluding hydrogens is 232 g/mol. The highest BCUT2D eigenvalue weighted by Gasteiger charge is 2.25. The number of hydrogen-bond acceptors (Lipinski definition) is 4. The van der Waals surface area contributed by atoms with E-state index in [0.717, 1.165) is 42.7 Å². The second kappa shape index (κ2) is 4.41. The lowest BCUT2D eigenvalue weighted by atomic mass is 10.0. The van der Waals surface area contributed by atoms with Gasteiger partial charge in [-0.2, -0.15) is 0 Å². The summed E-state index contributed by atoms with van der Waals surface area (Å²) >= 11 is 1.74. The van der Waals surface area contributed by atoms with Crippen LogP contribution in [0.3, 0.4) is 0 Å². The maximum absolute atomic E-state index is 11.8. The molecule has 1 aromatic heterocycles. The standard InChI is InChI=1S/C13H18N2OS/c1-9-4-3-7-15(8-9)13-14-12-10(16)5-2-6-11(12)17-13/h9H,2-8H2,1H3. The molecule has 17 heavy (non-hydrogen) atoms. The number of hydrogen-bond donors (Lipinski definition) is 0. The number of nitrogens with zero attached hydrogens (tertiary/aromatic N) is 2. The van der Waals surface area contributed by atoms with Gasteiger partial charge in [0, 0.05) is 24.4 Å². The molecule has 0 aromatic carbocycles. The molecule has 1 aliphatic carbocycles. The van der Waals surface area contributed by atoms with Gasteiger partial charge >= 0.3 is 0 Å². The van der Waals surface area contributed by atoms with Gasteiger partial charge in [0.25, 0.3) is 0 Å². The molecule has 4 heteroatoms. The first-order valence-corrected chi connectivity index (χ1v) is 7.33. The first-order valence-electron chi connectivity index (χ1n) is 6.52. The third-order valence-corrected chi connectivity index (χ3v) is 4.86. The summed E-state index contributed by atoms with van der Waals surface area (Å²) in [6.45, 7) is 4.50. The molecule has 3 nitrogen and oxygen atoms in total. The summed E-state index contributed by atoms with van der Waals surface area (Å²) in [6.07, 6.45) is 5.30. The van der Waals surface area contributed by atoms with E-state index in [-0.39, 0.29) is 5.78 Å². The van der Waals surface area contributed by atoms with Crippen LogP contribution in [-0.2, 0) is 6.42 Å². The largest absolute Gasteiger partial charge is 0.348 e. The van der Waals surface area contributed by atoms with E-state index in [1.807, 2.05) is 0 Å². The van der Waals surface area contributed by atoms with Gasteiger partial charge in [0.05, 0.1) is 0 Å². The first-order chi connectivity index (χ1) is 8.24. The molecule has 1 aliphatic heterocycles. The summed E-state index contributed by atoms with van der Waals surface area (Å²) in [5.74, 6) is 0.999. The number of fused-ring (bicyclic) bond motifs is 1. The van der Waals surface area contributed by atoms with Gasteiger partial charge in [0.2, 0.25) is 0 Å². The van der Waals surface area contributed by atoms with Gasteiger partial charge in [0.1, 0.15) is 5.69 Å². The predicted molar refractivity (Wildman–Crippen MR) is 70.0 cm³/mol. The van der Waals surface area contributed by atoms with E-state index in [2.05, 4.69) is 16.8 Å². The minimum absolute atomic E-state index is 0.249. The van der Waals surface area contributed by atoms with Gasteiger partial charge < -0.3 is 4.90 Å². The minimum Gasteiger partial charge on any atom is -0.348 e. The topological polar surface area (TPSA) is 33.2 Å². The van der Waals surface area contributed by atoms with E-state index in [1.165, 1.54) is 17.7 Å². The number of carbonyl (C=O) groups excluding carboxylic acids is 1. The minimum atomic E-state index is 0.249. The highest BCUT2D eigenvalue weighted by molar-refractivity contribution is 7.16. The number of aryl methyl sites for hydroxylation is 1. The Bertz CT molecular complexity index is 441. The zero-order chi connectivity index (χ0) is 11.8. The van der Waals surface area contributed by atoms with Crippen molar-refractivity contribution in [3.8, 4) is 0 Å². The summed E-state index contributed by atoms with van der Waals surface area (Å²) < 4.78 is 0. The van der Waals surface area contributed by atoms with Crippen molar-refractivity contribution in [1.82, 2.24) is 4.98 Å². The van der Waals surface area contributed by atoms with Gasteiger partial charge in [-0.25, -0.2) is 4.98 Å². The van der Waals surface area contributed by atoms with Gasteiger partial charge in [-0.05, 0) is 31.6 Å². The molecule has 1 saturated heterocycles. The Balaban J connectivity index is 1.86. The van der Waals surface area contributed by atoms with Crippen molar-refractivity contribution < 1.29 is 4.79 Å². The molecule has 1 fully saturated rings. The smallest absolute Gasteiger partial charge is 0.186 e. The van der Waals surface area contributed by atoms with Crippen LogP contribution < -0.4 is 4.90 Å². The number of thiazole rings is 1. The third kappa shape index (κ3) is 2.10. The normalized spacial score (nSPS) is 24.9. The average molecular weight is 250 g/mol. The Labute approximate surface area is 106 Å². The molecule has 0 spiro atoms. The predicted octanol–water partition coefficient (Wildman–Crippen LogP) is 2.90. The number of ketones is 1. The van der Waals surface area contributed by atoms with Crippen LogP contribution in [0.2, 0.25) is 0 Å². The summed E-state index contributed by atoms with van der Waals surface area (Å²) in [5.41, 5.74) is 0.773. The van der Waals surface area contributed by atoms with Crippen molar-refractivity contribution >= 4 is 22.3 Å². The van der Waals surface area contributed by atoms with E-state index in [9.17, 15) is 4.79 Å². The Kier molecular flexibility index (Phi) is 2.90. The van der Waals surface area contributed by atoms with Crippen molar-refractivity contribution in [3.63, 3.8) is 0 Å². The Morgan fingerprint density at radius 1 is 1.35 bits per heavy atom. The lowest BCUT2D eigenvalue weighted by Gasteiger charge is -2.30. The summed E-state index contributed by atoms with van der Waals surface area (Å²) in [5, 5.41) is 1.08. The average Bonchev–Trinajstić information content (AvgIpc) is 2.74. The molecule has 0 N–H and O–H groups in total. The number of aromatic nitrogens is 1. The molecule has 1 aromatic rings.